The molecule has 1 aliphatic rings. The van der Waals surface area contributed by atoms with Crippen molar-refractivity contribution in [2.75, 3.05) is 5.43 Å². The van der Waals surface area contributed by atoms with Crippen molar-refractivity contribution in [3.8, 4) is 5.75 Å². The number of hydrazone groups is 1. The quantitative estimate of drug-likeness (QED) is 0.667. The highest BCUT2D eigenvalue weighted by Gasteiger charge is 2.30. The molecule has 0 saturated heterocycles. The summed E-state index contributed by atoms with van der Waals surface area (Å²) in [7, 11) is 0. The smallest absolute Gasteiger partial charge is 0.271 e. The van der Waals surface area contributed by atoms with Crippen LogP contribution in [0, 0.1) is 15.9 Å². The Balaban J connectivity index is 1.93. The molecule has 0 saturated carbocycles. The summed E-state index contributed by atoms with van der Waals surface area (Å²) in [4.78, 5) is 10.3. The van der Waals surface area contributed by atoms with E-state index in [0.717, 1.165) is 0 Å². The second-order valence-electron chi connectivity index (χ2n) is 5.44. The first-order chi connectivity index (χ1) is 11.0. The van der Waals surface area contributed by atoms with E-state index >= 15 is 0 Å². The summed E-state index contributed by atoms with van der Waals surface area (Å²) in [5.74, 6) is -0.487. The normalized spacial score (nSPS) is 18.0. The van der Waals surface area contributed by atoms with Crippen LogP contribution in [0.2, 0.25) is 0 Å². The van der Waals surface area contributed by atoms with E-state index in [1.54, 1.807) is 12.1 Å². The number of nitrogens with one attached hydrogen (secondary N) is 1. The zero-order valence-electron chi connectivity index (χ0n) is 12.3. The van der Waals surface area contributed by atoms with Crippen LogP contribution >= 0.6 is 0 Å². The molecule has 1 atom stereocenters. The first-order valence-corrected chi connectivity index (χ1v) is 7.06. The number of phenolic OH excluding ortho intramolecular Hbond substituents is 1. The lowest BCUT2D eigenvalue weighted by molar-refractivity contribution is -0.384. The fraction of sp³-hybridized carbons (Fsp3) is 0.188. The van der Waals surface area contributed by atoms with Gasteiger partial charge in [0.1, 0.15) is 11.6 Å². The third kappa shape index (κ3) is 2.73. The van der Waals surface area contributed by atoms with Gasteiger partial charge in [-0.15, -0.1) is 0 Å². The van der Waals surface area contributed by atoms with E-state index in [2.05, 4.69) is 10.5 Å². The molecule has 0 aromatic heterocycles. The predicted octanol–water partition coefficient (Wildman–Crippen LogP) is 3.76. The van der Waals surface area contributed by atoms with Gasteiger partial charge in [0.05, 0.1) is 16.3 Å². The molecule has 0 unspecified atom stereocenters. The van der Waals surface area contributed by atoms with E-state index in [9.17, 15) is 19.6 Å². The fourth-order valence-electron chi connectivity index (χ4n) is 2.78. The van der Waals surface area contributed by atoms with Gasteiger partial charge in [0.2, 0.25) is 0 Å². The summed E-state index contributed by atoms with van der Waals surface area (Å²) in [6.45, 7) is 1.86. The number of phenols is 1. The Morgan fingerprint density at radius 3 is 2.91 bits per heavy atom. The minimum absolute atomic E-state index is 0.0228. The number of benzene rings is 2. The van der Waals surface area contributed by atoms with E-state index in [0.29, 0.717) is 28.9 Å². The molecule has 2 N–H and O–H groups in total. The van der Waals surface area contributed by atoms with Crippen molar-refractivity contribution < 1.29 is 14.4 Å². The van der Waals surface area contributed by atoms with Crippen LogP contribution in [-0.2, 0) is 0 Å². The molecule has 0 spiro atoms. The number of fused-ring (bicyclic) bond motifs is 1. The summed E-state index contributed by atoms with van der Waals surface area (Å²) in [5, 5.41) is 25.0. The van der Waals surface area contributed by atoms with Gasteiger partial charge < -0.3 is 5.11 Å². The Labute approximate surface area is 131 Å². The Morgan fingerprint density at radius 2 is 2.17 bits per heavy atom. The van der Waals surface area contributed by atoms with Crippen molar-refractivity contribution >= 4 is 17.1 Å². The first-order valence-electron chi connectivity index (χ1n) is 7.06. The molecule has 2 aromatic carbocycles. The van der Waals surface area contributed by atoms with Crippen molar-refractivity contribution in [2.45, 2.75) is 19.3 Å². The lowest BCUT2D eigenvalue weighted by Crippen LogP contribution is -2.01. The number of rotatable bonds is 3. The average Bonchev–Trinajstić information content (AvgIpc) is 2.87. The largest absolute Gasteiger partial charge is 0.507 e. The van der Waals surface area contributed by atoms with E-state index in [-0.39, 0.29) is 23.2 Å². The van der Waals surface area contributed by atoms with Gasteiger partial charge in [-0.25, -0.2) is 4.39 Å². The van der Waals surface area contributed by atoms with Gasteiger partial charge in [0, 0.05) is 23.3 Å². The van der Waals surface area contributed by atoms with Gasteiger partial charge in [0.15, 0.2) is 0 Å². The van der Waals surface area contributed by atoms with Gasteiger partial charge in [-0.1, -0.05) is 13.0 Å². The third-order valence-corrected chi connectivity index (χ3v) is 3.83. The number of aromatic hydroxyl groups is 1. The summed E-state index contributed by atoms with van der Waals surface area (Å²) in [6, 6.07) is 8.46. The lowest BCUT2D eigenvalue weighted by atomic mass is 10.0. The molecule has 23 heavy (non-hydrogen) atoms. The molecule has 118 valence electrons. The van der Waals surface area contributed by atoms with Crippen LogP contribution in [0.3, 0.4) is 0 Å². The molecule has 0 amide bonds. The van der Waals surface area contributed by atoms with Crippen LogP contribution in [0.25, 0.3) is 0 Å². The molecule has 0 fully saturated rings. The van der Waals surface area contributed by atoms with Crippen LogP contribution < -0.4 is 5.43 Å². The maximum atomic E-state index is 13.9. The highest BCUT2D eigenvalue weighted by atomic mass is 19.1. The molecule has 3 rings (SSSR count). The number of nitro benzene ring substituents is 1. The van der Waals surface area contributed by atoms with Crippen LogP contribution in [0.1, 0.15) is 30.4 Å². The molecule has 0 heterocycles. The zero-order valence-corrected chi connectivity index (χ0v) is 12.3. The van der Waals surface area contributed by atoms with E-state index in [1.807, 2.05) is 6.92 Å². The molecule has 0 radical (unpaired) electrons. The number of non-ortho nitro benzene ring substituents is 1. The van der Waals surface area contributed by atoms with Crippen LogP contribution in [-0.4, -0.2) is 15.7 Å². The average molecular weight is 315 g/mol. The SMILES string of the molecule is C[C@@H]1C/C(=N\Nc2cccc([N+](=O)[O-])c2)c2c(O)ccc(F)c21. The standard InChI is InChI=1S/C16H14FN3O3/c1-9-7-13(16-14(21)6-5-12(17)15(9)16)19-18-10-3-2-4-11(8-10)20(22)23/h2-6,8-9,18,21H,7H2,1H3/b19-13+/t9-/m1/s1. The predicted molar refractivity (Wildman–Crippen MR) is 84.4 cm³/mol. The summed E-state index contributed by atoms with van der Waals surface area (Å²) < 4.78 is 13.9. The number of nitrogens with zero attached hydrogens (tertiary/aromatic N) is 2. The fourth-order valence-corrected chi connectivity index (χ4v) is 2.78. The van der Waals surface area contributed by atoms with Gasteiger partial charge in [-0.05, 0) is 30.5 Å². The van der Waals surface area contributed by atoms with Gasteiger partial charge in [-0.2, -0.15) is 5.10 Å². The van der Waals surface area contributed by atoms with Crippen molar-refractivity contribution in [1.29, 1.82) is 0 Å². The monoisotopic (exact) mass is 315 g/mol. The van der Waals surface area contributed by atoms with Crippen molar-refractivity contribution in [3.63, 3.8) is 0 Å². The van der Waals surface area contributed by atoms with Crippen LogP contribution in [0.4, 0.5) is 15.8 Å². The Kier molecular flexibility index (Phi) is 3.69. The van der Waals surface area contributed by atoms with Crippen molar-refractivity contribution in [3.05, 3.63) is 63.5 Å². The molecule has 0 aliphatic heterocycles. The molecule has 1 aliphatic carbocycles. The summed E-state index contributed by atoms with van der Waals surface area (Å²) in [6.07, 6.45) is 0.478. The highest BCUT2D eigenvalue weighted by molar-refractivity contribution is 6.07. The molecule has 2 aromatic rings. The maximum absolute atomic E-state index is 13.9. The molecular weight excluding hydrogens is 301 g/mol. The van der Waals surface area contributed by atoms with Crippen molar-refractivity contribution in [1.82, 2.24) is 0 Å². The number of halogens is 1. The number of anilines is 1. The first kappa shape index (κ1) is 15.0. The Hall–Kier alpha value is -2.96. The van der Waals surface area contributed by atoms with E-state index in [1.165, 1.54) is 24.3 Å². The second-order valence-corrected chi connectivity index (χ2v) is 5.44. The van der Waals surface area contributed by atoms with E-state index < -0.39 is 4.92 Å². The molecule has 0 bridgehead atoms. The maximum Gasteiger partial charge on any atom is 0.271 e. The highest BCUT2D eigenvalue weighted by Crippen LogP contribution is 2.39. The van der Waals surface area contributed by atoms with Gasteiger partial charge >= 0.3 is 0 Å². The Bertz CT molecular complexity index is 820. The minimum Gasteiger partial charge on any atom is -0.507 e. The van der Waals surface area contributed by atoms with Crippen molar-refractivity contribution in [2.24, 2.45) is 5.10 Å². The molecular formula is C16H14FN3O3. The van der Waals surface area contributed by atoms with Gasteiger partial charge in [-0.3, -0.25) is 15.5 Å². The lowest BCUT2D eigenvalue weighted by Gasteiger charge is -2.06. The third-order valence-electron chi connectivity index (χ3n) is 3.83. The summed E-state index contributed by atoms with van der Waals surface area (Å²) in [5.41, 5.74) is 4.51. The van der Waals surface area contributed by atoms with Gasteiger partial charge in [0.25, 0.3) is 5.69 Å². The second kappa shape index (κ2) is 5.68. The molecule has 7 heteroatoms. The minimum atomic E-state index is -0.494. The topological polar surface area (TPSA) is 87.8 Å². The molecule has 6 nitrogen and oxygen atoms in total. The van der Waals surface area contributed by atoms with Crippen LogP contribution in [0.15, 0.2) is 41.5 Å². The summed E-state index contributed by atoms with van der Waals surface area (Å²) >= 11 is 0. The number of nitro groups is 1. The number of hydrogen-bond donors (Lipinski definition) is 2. The van der Waals surface area contributed by atoms with E-state index in [4.69, 9.17) is 0 Å². The number of hydrogen-bond acceptors (Lipinski definition) is 5. The Morgan fingerprint density at radius 1 is 1.39 bits per heavy atom. The van der Waals surface area contributed by atoms with Crippen LogP contribution in [0.5, 0.6) is 5.75 Å². The zero-order chi connectivity index (χ0) is 16.6.